The molecule has 2 heteroatoms. The maximum Gasteiger partial charge on any atom is 0.338 e. The number of ether oxygens (including phenoxy) is 1. The van der Waals surface area contributed by atoms with Crippen LogP contribution in [0.4, 0.5) is 0 Å². The van der Waals surface area contributed by atoms with Crippen molar-refractivity contribution in [1.29, 1.82) is 0 Å². The van der Waals surface area contributed by atoms with Gasteiger partial charge < -0.3 is 4.74 Å². The van der Waals surface area contributed by atoms with Crippen molar-refractivity contribution in [3.63, 3.8) is 0 Å². The second-order valence-electron chi connectivity index (χ2n) is 11.8. The summed E-state index contributed by atoms with van der Waals surface area (Å²) in [5.74, 6) is 1.62. The van der Waals surface area contributed by atoms with Crippen molar-refractivity contribution >= 4 is 5.97 Å². The number of carbonyl (C=O) groups is 1. The van der Waals surface area contributed by atoms with E-state index in [4.69, 9.17) is 4.74 Å². The maximum atomic E-state index is 12.2. The molecule has 3 aliphatic carbocycles. The highest BCUT2D eigenvalue weighted by molar-refractivity contribution is 5.89. The van der Waals surface area contributed by atoms with E-state index in [1.807, 2.05) is 19.1 Å². The van der Waals surface area contributed by atoms with Crippen molar-refractivity contribution in [2.24, 2.45) is 11.8 Å². The van der Waals surface area contributed by atoms with Gasteiger partial charge in [-0.3, -0.25) is 0 Å². The van der Waals surface area contributed by atoms with Crippen LogP contribution in [0.25, 0.3) is 0 Å². The smallest absolute Gasteiger partial charge is 0.338 e. The van der Waals surface area contributed by atoms with Gasteiger partial charge in [-0.25, -0.2) is 4.79 Å². The molecule has 0 heterocycles. The topological polar surface area (TPSA) is 26.3 Å². The van der Waals surface area contributed by atoms with Crippen LogP contribution < -0.4 is 0 Å². The molecule has 2 aromatic carbocycles. The lowest BCUT2D eigenvalue weighted by molar-refractivity contribution is 0.0526. The van der Waals surface area contributed by atoms with Gasteiger partial charge in [0.15, 0.2) is 0 Å². The molecule has 1 fully saturated rings. The predicted octanol–water partition coefficient (Wildman–Crippen LogP) is 7.62. The van der Waals surface area contributed by atoms with Crippen LogP contribution in [0.15, 0.2) is 48.0 Å². The average Bonchev–Trinajstić information content (AvgIpc) is 3.45. The van der Waals surface area contributed by atoms with Crippen LogP contribution in [-0.4, -0.2) is 12.6 Å². The second-order valence-corrected chi connectivity index (χ2v) is 11.8. The van der Waals surface area contributed by atoms with E-state index in [9.17, 15) is 4.79 Å². The molecule has 33 heavy (non-hydrogen) atoms. The van der Waals surface area contributed by atoms with E-state index in [0.717, 1.165) is 11.8 Å². The number of allylic oxidation sites excluding steroid dienone is 2. The molecule has 2 aromatic rings. The molecule has 0 bridgehead atoms. The van der Waals surface area contributed by atoms with Crippen molar-refractivity contribution in [3.05, 3.63) is 81.4 Å². The van der Waals surface area contributed by atoms with Crippen molar-refractivity contribution in [1.82, 2.24) is 0 Å². The summed E-state index contributed by atoms with van der Waals surface area (Å²) in [4.78, 5) is 12.2. The molecule has 1 saturated carbocycles. The monoisotopic (exact) mass is 442 g/mol. The molecule has 174 valence electrons. The van der Waals surface area contributed by atoms with Crippen LogP contribution in [0.2, 0.25) is 0 Å². The van der Waals surface area contributed by atoms with Gasteiger partial charge in [0, 0.05) is 5.92 Å². The molecule has 0 radical (unpaired) electrons. The third kappa shape index (κ3) is 3.86. The number of aryl methyl sites for hydroxylation is 1. The highest BCUT2D eigenvalue weighted by Gasteiger charge is 2.46. The lowest BCUT2D eigenvalue weighted by atomic mass is 9.62. The molecule has 0 N–H and O–H groups in total. The Balaban J connectivity index is 1.62. The van der Waals surface area contributed by atoms with E-state index in [1.165, 1.54) is 53.5 Å². The van der Waals surface area contributed by atoms with Gasteiger partial charge in [0.1, 0.15) is 0 Å². The quantitative estimate of drug-likeness (QED) is 0.352. The largest absolute Gasteiger partial charge is 0.462 e. The molecule has 3 atom stereocenters. The molecule has 3 aliphatic rings. The highest BCUT2D eigenvalue weighted by atomic mass is 16.5. The lowest BCUT2D eigenvalue weighted by Gasteiger charge is -2.43. The van der Waals surface area contributed by atoms with Gasteiger partial charge in [-0.2, -0.15) is 0 Å². The summed E-state index contributed by atoms with van der Waals surface area (Å²) in [6.07, 6.45) is 7.53. The zero-order valence-corrected chi connectivity index (χ0v) is 21.1. The SMILES string of the molecule is CCOC(=O)c1ccc(C(C2=CCC3CC23)c2cc3c(cc2C)C(C)(C)CCC3(C)C)cc1. The Labute approximate surface area is 199 Å². The zero-order valence-electron chi connectivity index (χ0n) is 21.1. The van der Waals surface area contributed by atoms with Crippen molar-refractivity contribution in [2.45, 2.75) is 84.0 Å². The molecule has 2 nitrogen and oxygen atoms in total. The second kappa shape index (κ2) is 7.86. The fourth-order valence-electron chi connectivity index (χ4n) is 6.31. The minimum absolute atomic E-state index is 0.192. The number of esters is 1. The number of hydrogen-bond donors (Lipinski definition) is 0. The number of hydrogen-bond acceptors (Lipinski definition) is 2. The molecular formula is C31H38O2. The summed E-state index contributed by atoms with van der Waals surface area (Å²) in [6.45, 7) is 14.2. The average molecular weight is 443 g/mol. The number of rotatable bonds is 5. The van der Waals surface area contributed by atoms with Crippen LogP contribution >= 0.6 is 0 Å². The van der Waals surface area contributed by atoms with Gasteiger partial charge in [0.2, 0.25) is 0 Å². The minimum atomic E-state index is -0.239. The normalized spacial score (nSPS) is 25.0. The maximum absolute atomic E-state index is 12.2. The molecule has 0 saturated heterocycles. The number of fused-ring (bicyclic) bond motifs is 2. The van der Waals surface area contributed by atoms with Crippen molar-refractivity contribution < 1.29 is 9.53 Å². The van der Waals surface area contributed by atoms with Gasteiger partial charge in [0.25, 0.3) is 0 Å². The van der Waals surface area contributed by atoms with E-state index in [1.54, 1.807) is 5.57 Å². The fraction of sp³-hybridized carbons (Fsp3) is 0.516. The Morgan fingerprint density at radius 2 is 1.67 bits per heavy atom. The Morgan fingerprint density at radius 3 is 2.21 bits per heavy atom. The van der Waals surface area contributed by atoms with Gasteiger partial charge in [-0.1, -0.05) is 63.6 Å². The summed E-state index contributed by atoms with van der Waals surface area (Å²) in [6, 6.07) is 13.2. The Morgan fingerprint density at radius 1 is 1.03 bits per heavy atom. The van der Waals surface area contributed by atoms with Gasteiger partial charge in [-0.15, -0.1) is 0 Å². The van der Waals surface area contributed by atoms with Crippen molar-refractivity contribution in [3.8, 4) is 0 Å². The highest BCUT2D eigenvalue weighted by Crippen LogP contribution is 2.58. The third-order valence-corrected chi connectivity index (χ3v) is 8.65. The first-order valence-electron chi connectivity index (χ1n) is 12.7. The molecule has 5 rings (SSSR count). The Bertz CT molecular complexity index is 1120. The Hall–Kier alpha value is -2.35. The van der Waals surface area contributed by atoms with Crippen LogP contribution in [0, 0.1) is 18.8 Å². The van der Waals surface area contributed by atoms with E-state index in [-0.39, 0.29) is 22.7 Å². The third-order valence-electron chi connectivity index (χ3n) is 8.65. The first-order chi connectivity index (χ1) is 15.6. The van der Waals surface area contributed by atoms with E-state index in [2.05, 4.69) is 65.0 Å². The molecule has 0 amide bonds. The first kappa shape index (κ1) is 22.4. The molecule has 3 unspecified atom stereocenters. The zero-order chi connectivity index (χ0) is 23.5. The summed E-state index contributed by atoms with van der Waals surface area (Å²) in [7, 11) is 0. The lowest BCUT2D eigenvalue weighted by Crippen LogP contribution is -2.34. The fourth-order valence-corrected chi connectivity index (χ4v) is 6.31. The van der Waals surface area contributed by atoms with Crippen LogP contribution in [0.5, 0.6) is 0 Å². The van der Waals surface area contributed by atoms with Crippen molar-refractivity contribution in [2.75, 3.05) is 6.61 Å². The van der Waals surface area contributed by atoms with Crippen LogP contribution in [0.3, 0.4) is 0 Å². The molecule has 0 aromatic heterocycles. The first-order valence-corrected chi connectivity index (χ1v) is 12.7. The molecular weight excluding hydrogens is 404 g/mol. The standard InChI is InChI=1S/C31H38O2/c1-7-33-29(32)21-10-8-20(9-11-21)28(23-13-12-22-17-25(22)23)24-18-27-26(16-19(24)2)30(3,4)14-15-31(27,5)6/h8-11,13,16,18,22,25,28H,7,12,14-15,17H2,1-6H3. The predicted molar refractivity (Wildman–Crippen MR) is 135 cm³/mol. The van der Waals surface area contributed by atoms with Crippen LogP contribution in [-0.2, 0) is 15.6 Å². The van der Waals surface area contributed by atoms with E-state index >= 15 is 0 Å². The van der Waals surface area contributed by atoms with Gasteiger partial charge in [-0.05, 0) is 102 Å². The number of carbonyl (C=O) groups excluding carboxylic acids is 1. The van der Waals surface area contributed by atoms with E-state index in [0.29, 0.717) is 12.2 Å². The molecule has 0 aliphatic heterocycles. The van der Waals surface area contributed by atoms with E-state index < -0.39 is 0 Å². The summed E-state index contributed by atoms with van der Waals surface area (Å²) in [5.41, 5.74) is 9.83. The molecule has 0 spiro atoms. The summed E-state index contributed by atoms with van der Waals surface area (Å²) in [5, 5.41) is 0. The van der Waals surface area contributed by atoms with Gasteiger partial charge >= 0.3 is 5.97 Å². The minimum Gasteiger partial charge on any atom is -0.462 e. The number of benzene rings is 2. The summed E-state index contributed by atoms with van der Waals surface area (Å²) >= 11 is 0. The Kier molecular flexibility index (Phi) is 5.34. The van der Waals surface area contributed by atoms with Gasteiger partial charge in [0.05, 0.1) is 12.2 Å². The summed E-state index contributed by atoms with van der Waals surface area (Å²) < 4.78 is 5.21. The van der Waals surface area contributed by atoms with Crippen LogP contribution in [0.1, 0.15) is 104 Å².